The zero-order valence-corrected chi connectivity index (χ0v) is 12.4. The van der Waals surface area contributed by atoms with E-state index in [0.717, 1.165) is 17.4 Å². The summed E-state index contributed by atoms with van der Waals surface area (Å²) < 4.78 is 0. The van der Waals surface area contributed by atoms with Gasteiger partial charge in [0.1, 0.15) is 0 Å². The van der Waals surface area contributed by atoms with Crippen LogP contribution in [0.4, 0.5) is 0 Å². The molecule has 0 radical (unpaired) electrons. The van der Waals surface area contributed by atoms with Gasteiger partial charge >= 0.3 is 11.9 Å². The molecule has 0 aromatic heterocycles. The van der Waals surface area contributed by atoms with Crippen LogP contribution in [0.5, 0.6) is 0 Å². The summed E-state index contributed by atoms with van der Waals surface area (Å²) >= 11 is 0. The zero-order valence-electron chi connectivity index (χ0n) is 12.4. The Morgan fingerprint density at radius 2 is 1.36 bits per heavy atom. The van der Waals surface area contributed by atoms with E-state index in [1.165, 1.54) is 38.2 Å². The van der Waals surface area contributed by atoms with Gasteiger partial charge in [-0.25, -0.2) is 9.59 Å². The molecule has 4 fully saturated rings. The second kappa shape index (κ2) is 4.83. The molecular formula is C18H20O4. The van der Waals surface area contributed by atoms with Crippen LogP contribution < -0.4 is 0 Å². The number of carboxylic acid groups (broad SMARTS) is 2. The highest BCUT2D eigenvalue weighted by molar-refractivity contribution is 6.01. The maximum absolute atomic E-state index is 11.4. The van der Waals surface area contributed by atoms with Crippen molar-refractivity contribution >= 4 is 11.9 Å². The predicted molar refractivity (Wildman–Crippen MR) is 80.1 cm³/mol. The summed E-state index contributed by atoms with van der Waals surface area (Å²) in [6.07, 6.45) is 6.45. The second-order valence-corrected chi connectivity index (χ2v) is 7.37. The van der Waals surface area contributed by atoms with Crippen molar-refractivity contribution in [3.63, 3.8) is 0 Å². The molecule has 4 nitrogen and oxygen atoms in total. The first-order valence-electron chi connectivity index (χ1n) is 8.13. The highest BCUT2D eigenvalue weighted by atomic mass is 16.4. The molecule has 0 unspecified atom stereocenters. The van der Waals surface area contributed by atoms with Crippen molar-refractivity contribution in [2.75, 3.05) is 0 Å². The molecule has 4 aliphatic carbocycles. The van der Waals surface area contributed by atoms with Gasteiger partial charge in [-0.05, 0) is 79.4 Å². The van der Waals surface area contributed by atoms with Crippen LogP contribution in [0, 0.1) is 23.7 Å². The molecule has 5 rings (SSSR count). The molecule has 0 saturated heterocycles. The Morgan fingerprint density at radius 1 is 0.818 bits per heavy atom. The zero-order chi connectivity index (χ0) is 15.4. The van der Waals surface area contributed by atoms with Gasteiger partial charge in [0.15, 0.2) is 0 Å². The number of hydrogen-bond donors (Lipinski definition) is 2. The van der Waals surface area contributed by atoms with Crippen LogP contribution in [0.2, 0.25) is 0 Å². The first-order valence-corrected chi connectivity index (χ1v) is 8.13. The molecule has 0 amide bonds. The smallest absolute Gasteiger partial charge is 0.336 e. The molecular weight excluding hydrogens is 280 g/mol. The number of hydrogen-bond acceptors (Lipinski definition) is 2. The summed E-state index contributed by atoms with van der Waals surface area (Å²) in [6, 6.07) is 4.95. The maximum atomic E-state index is 11.4. The lowest BCUT2D eigenvalue weighted by Crippen LogP contribution is -2.43. The van der Waals surface area contributed by atoms with E-state index < -0.39 is 11.9 Å². The molecule has 0 atom stereocenters. The first kappa shape index (κ1) is 13.8. The topological polar surface area (TPSA) is 74.6 Å². The average molecular weight is 300 g/mol. The standard InChI is InChI=1S/C18H20O4/c19-17(20)14-2-1-11(8-15(14)18(21)22)16-12-4-9-3-10(6-12)7-13(16)5-9/h1-2,8-10,12-13,16H,3-7H2,(H,19,20)(H,21,22). The Balaban J connectivity index is 1.72. The molecule has 4 saturated carbocycles. The number of aromatic carboxylic acids is 2. The van der Waals surface area contributed by atoms with Gasteiger partial charge in [-0.2, -0.15) is 0 Å². The minimum Gasteiger partial charge on any atom is -0.478 e. The van der Waals surface area contributed by atoms with Crippen LogP contribution in [0.3, 0.4) is 0 Å². The third kappa shape index (κ3) is 2.04. The molecule has 4 aliphatic rings. The van der Waals surface area contributed by atoms with E-state index >= 15 is 0 Å². The van der Waals surface area contributed by atoms with Crippen LogP contribution in [-0.2, 0) is 0 Å². The summed E-state index contributed by atoms with van der Waals surface area (Å²) in [5.41, 5.74) is 0.857. The normalized spacial score (nSPS) is 35.5. The quantitative estimate of drug-likeness (QED) is 0.894. The summed E-state index contributed by atoms with van der Waals surface area (Å²) in [5.74, 6) is 1.17. The molecule has 0 heterocycles. The largest absolute Gasteiger partial charge is 0.478 e. The Bertz CT molecular complexity index is 620. The summed E-state index contributed by atoms with van der Waals surface area (Å²) in [7, 11) is 0. The summed E-state index contributed by atoms with van der Waals surface area (Å²) in [5, 5.41) is 18.5. The maximum Gasteiger partial charge on any atom is 0.336 e. The lowest BCUT2D eigenvalue weighted by molar-refractivity contribution is -0.00282. The fourth-order valence-corrected chi connectivity index (χ4v) is 5.60. The fourth-order valence-electron chi connectivity index (χ4n) is 5.60. The van der Waals surface area contributed by atoms with Crippen molar-refractivity contribution in [1.29, 1.82) is 0 Å². The van der Waals surface area contributed by atoms with Crippen molar-refractivity contribution in [2.24, 2.45) is 23.7 Å². The lowest BCUT2D eigenvalue weighted by atomic mass is 9.50. The molecule has 4 heteroatoms. The van der Waals surface area contributed by atoms with Gasteiger partial charge in [0.25, 0.3) is 0 Å². The predicted octanol–water partition coefficient (Wildman–Crippen LogP) is 3.62. The van der Waals surface area contributed by atoms with Gasteiger partial charge in [-0.1, -0.05) is 6.07 Å². The minimum atomic E-state index is -1.17. The van der Waals surface area contributed by atoms with Gasteiger partial charge in [-0.3, -0.25) is 0 Å². The van der Waals surface area contributed by atoms with E-state index in [1.807, 2.05) is 6.07 Å². The van der Waals surface area contributed by atoms with E-state index in [2.05, 4.69) is 0 Å². The van der Waals surface area contributed by atoms with Crippen LogP contribution in [0.1, 0.15) is 64.3 Å². The average Bonchev–Trinajstić information content (AvgIpc) is 2.45. The monoisotopic (exact) mass is 300 g/mol. The first-order chi connectivity index (χ1) is 10.5. The Hall–Kier alpha value is -1.84. The van der Waals surface area contributed by atoms with Crippen molar-refractivity contribution in [1.82, 2.24) is 0 Å². The summed E-state index contributed by atoms with van der Waals surface area (Å²) in [6.45, 7) is 0. The molecule has 2 N–H and O–H groups in total. The van der Waals surface area contributed by atoms with Gasteiger partial charge in [0.05, 0.1) is 11.1 Å². The molecule has 1 aromatic carbocycles. The third-order valence-corrected chi connectivity index (χ3v) is 6.12. The Morgan fingerprint density at radius 3 is 1.86 bits per heavy atom. The third-order valence-electron chi connectivity index (χ3n) is 6.12. The van der Waals surface area contributed by atoms with Crippen molar-refractivity contribution in [2.45, 2.75) is 38.0 Å². The van der Waals surface area contributed by atoms with Crippen LogP contribution in [0.15, 0.2) is 18.2 Å². The van der Waals surface area contributed by atoms with Crippen LogP contribution in [-0.4, -0.2) is 22.2 Å². The van der Waals surface area contributed by atoms with E-state index in [-0.39, 0.29) is 11.1 Å². The molecule has 0 aliphatic heterocycles. The van der Waals surface area contributed by atoms with Crippen molar-refractivity contribution < 1.29 is 19.8 Å². The Kier molecular flexibility index (Phi) is 3.03. The second-order valence-electron chi connectivity index (χ2n) is 7.37. The van der Waals surface area contributed by atoms with Crippen molar-refractivity contribution in [3.8, 4) is 0 Å². The number of carboxylic acids is 2. The van der Waals surface area contributed by atoms with Gasteiger partial charge in [0, 0.05) is 0 Å². The van der Waals surface area contributed by atoms with Crippen LogP contribution >= 0.6 is 0 Å². The van der Waals surface area contributed by atoms with Crippen molar-refractivity contribution in [3.05, 3.63) is 34.9 Å². The Labute approximate surface area is 129 Å². The minimum absolute atomic E-state index is 0.0705. The molecule has 116 valence electrons. The molecule has 4 bridgehead atoms. The molecule has 1 aromatic rings. The van der Waals surface area contributed by atoms with Gasteiger partial charge in [0.2, 0.25) is 0 Å². The SMILES string of the molecule is O=C(O)c1ccc(C2C3CC4CC(C3)CC2C4)cc1C(=O)O. The lowest BCUT2D eigenvalue weighted by Gasteiger charge is -2.54. The van der Waals surface area contributed by atoms with E-state index in [0.29, 0.717) is 17.8 Å². The van der Waals surface area contributed by atoms with Gasteiger partial charge < -0.3 is 10.2 Å². The number of benzene rings is 1. The number of rotatable bonds is 3. The van der Waals surface area contributed by atoms with Gasteiger partial charge in [-0.15, -0.1) is 0 Å². The molecule has 0 spiro atoms. The highest BCUT2D eigenvalue weighted by Crippen LogP contribution is 2.59. The van der Waals surface area contributed by atoms with E-state index in [9.17, 15) is 14.7 Å². The highest BCUT2D eigenvalue weighted by Gasteiger charge is 2.48. The molecule has 22 heavy (non-hydrogen) atoms. The van der Waals surface area contributed by atoms with E-state index in [4.69, 9.17) is 5.11 Å². The number of carbonyl (C=O) groups is 2. The summed E-state index contributed by atoms with van der Waals surface area (Å²) in [4.78, 5) is 22.6. The van der Waals surface area contributed by atoms with E-state index in [1.54, 1.807) is 6.07 Å². The fraction of sp³-hybridized carbons (Fsp3) is 0.556. The van der Waals surface area contributed by atoms with Crippen LogP contribution in [0.25, 0.3) is 0 Å².